The van der Waals surface area contributed by atoms with E-state index in [1.807, 2.05) is 12.2 Å². The fraction of sp³-hybridized carbons (Fsp3) is 0.212. The minimum absolute atomic E-state index is 0.789. The van der Waals surface area contributed by atoms with Crippen LogP contribution < -0.4 is 10.0 Å². The molecule has 0 fully saturated rings. The van der Waals surface area contributed by atoms with Crippen LogP contribution >= 0.6 is 25.4 Å². The maximum Gasteiger partial charge on any atom is 0.0552 e. The SMILES string of the molecule is C=CCc1c(C)c(NS)c(-c2cc(NC(=C)C3=CC=C(S)C3)ccc2CC)c(C)c1-c1ccc(C)cc1. The second-order valence-electron chi connectivity index (χ2n) is 9.68. The van der Waals surface area contributed by atoms with E-state index in [0.29, 0.717) is 0 Å². The summed E-state index contributed by atoms with van der Waals surface area (Å²) in [4.78, 5) is 1.05. The molecule has 0 bridgehead atoms. The van der Waals surface area contributed by atoms with Crippen LogP contribution in [0, 0.1) is 20.8 Å². The average molecular weight is 525 g/mol. The van der Waals surface area contributed by atoms with Crippen molar-refractivity contribution in [2.45, 2.75) is 47.0 Å². The Morgan fingerprint density at radius 2 is 1.73 bits per heavy atom. The second-order valence-corrected chi connectivity index (χ2v) is 10.5. The van der Waals surface area contributed by atoms with E-state index in [1.54, 1.807) is 0 Å². The molecule has 190 valence electrons. The summed E-state index contributed by atoms with van der Waals surface area (Å²) in [5.41, 5.74) is 15.2. The van der Waals surface area contributed by atoms with Crippen LogP contribution in [0.1, 0.15) is 41.2 Å². The normalized spacial score (nSPS) is 12.7. The molecule has 0 aromatic heterocycles. The number of thiol groups is 2. The zero-order valence-electron chi connectivity index (χ0n) is 22.2. The van der Waals surface area contributed by atoms with Crippen LogP contribution in [0.3, 0.4) is 0 Å². The van der Waals surface area contributed by atoms with E-state index < -0.39 is 0 Å². The summed E-state index contributed by atoms with van der Waals surface area (Å²) < 4.78 is 3.25. The summed E-state index contributed by atoms with van der Waals surface area (Å²) >= 11 is 9.08. The summed E-state index contributed by atoms with van der Waals surface area (Å²) in [5.74, 6) is 0. The highest BCUT2D eigenvalue weighted by Gasteiger charge is 2.22. The van der Waals surface area contributed by atoms with Gasteiger partial charge < -0.3 is 10.0 Å². The van der Waals surface area contributed by atoms with Gasteiger partial charge in [-0.05, 0) is 95.2 Å². The lowest BCUT2D eigenvalue weighted by molar-refractivity contribution is 1.14. The molecule has 0 spiro atoms. The molecular formula is C33H36N2S2. The minimum Gasteiger partial charge on any atom is -0.356 e. The van der Waals surface area contributed by atoms with E-state index in [-0.39, 0.29) is 0 Å². The molecular weight excluding hydrogens is 489 g/mol. The third-order valence-corrected chi connectivity index (χ3v) is 7.75. The van der Waals surface area contributed by atoms with Gasteiger partial charge in [-0.2, -0.15) is 0 Å². The highest BCUT2D eigenvalue weighted by atomic mass is 32.1. The number of hydrogen-bond donors (Lipinski definition) is 4. The Morgan fingerprint density at radius 3 is 2.32 bits per heavy atom. The van der Waals surface area contributed by atoms with E-state index >= 15 is 0 Å². The van der Waals surface area contributed by atoms with E-state index in [2.05, 4.69) is 125 Å². The van der Waals surface area contributed by atoms with Crippen LogP contribution in [-0.4, -0.2) is 0 Å². The standard InChI is InChI=1S/C33H36N2S2/c1-7-9-29-21(4)33(35-37)32(22(5)31(29)25-12-10-20(3)11-13-25)30-19-27(16-14-24(30)8-2)34-23(6)26-15-17-28(36)18-26/h7,10-17,19,34-37H,1,6,8-9,18H2,2-5H3. The van der Waals surface area contributed by atoms with Crippen molar-refractivity contribution in [3.05, 3.63) is 118 Å². The van der Waals surface area contributed by atoms with E-state index in [9.17, 15) is 0 Å². The quantitative estimate of drug-likeness (QED) is 0.165. The van der Waals surface area contributed by atoms with Gasteiger partial charge in [0.25, 0.3) is 0 Å². The largest absolute Gasteiger partial charge is 0.356 e. The molecule has 1 aliphatic rings. The van der Waals surface area contributed by atoms with Crippen LogP contribution in [0.4, 0.5) is 11.4 Å². The van der Waals surface area contributed by atoms with Gasteiger partial charge in [0.05, 0.1) is 5.69 Å². The number of anilines is 2. The zero-order chi connectivity index (χ0) is 26.7. The Morgan fingerprint density at radius 1 is 1.00 bits per heavy atom. The molecule has 1 aliphatic carbocycles. The molecule has 0 atom stereocenters. The lowest BCUT2D eigenvalue weighted by Crippen LogP contribution is -2.06. The number of allylic oxidation sites excluding steroid dienone is 5. The smallest absolute Gasteiger partial charge is 0.0552 e. The molecule has 4 rings (SSSR count). The molecule has 0 amide bonds. The molecule has 37 heavy (non-hydrogen) atoms. The van der Waals surface area contributed by atoms with Crippen molar-refractivity contribution in [2.24, 2.45) is 0 Å². The van der Waals surface area contributed by atoms with Crippen molar-refractivity contribution in [3.63, 3.8) is 0 Å². The first-order valence-electron chi connectivity index (χ1n) is 12.7. The Bertz CT molecular complexity index is 1430. The van der Waals surface area contributed by atoms with Crippen LogP contribution in [0.2, 0.25) is 0 Å². The van der Waals surface area contributed by atoms with Gasteiger partial charge >= 0.3 is 0 Å². The number of hydrogen-bond acceptors (Lipinski definition) is 4. The van der Waals surface area contributed by atoms with Gasteiger partial charge in [0.15, 0.2) is 0 Å². The first kappa shape index (κ1) is 27.0. The second kappa shape index (κ2) is 11.5. The summed E-state index contributed by atoms with van der Waals surface area (Å²) in [6.07, 6.45) is 8.63. The summed E-state index contributed by atoms with van der Waals surface area (Å²) in [6, 6.07) is 15.4. The van der Waals surface area contributed by atoms with Crippen LogP contribution in [-0.2, 0) is 12.8 Å². The lowest BCUT2D eigenvalue weighted by Gasteiger charge is -2.25. The summed E-state index contributed by atoms with van der Waals surface area (Å²) in [7, 11) is 0. The lowest BCUT2D eigenvalue weighted by atomic mass is 9.82. The number of nitrogens with one attached hydrogen (secondary N) is 2. The fourth-order valence-corrected chi connectivity index (χ4v) is 5.74. The molecule has 3 aromatic carbocycles. The number of benzene rings is 3. The maximum absolute atomic E-state index is 4.58. The van der Waals surface area contributed by atoms with Gasteiger partial charge in [0, 0.05) is 23.4 Å². The van der Waals surface area contributed by atoms with Crippen molar-refractivity contribution in [2.75, 3.05) is 10.0 Å². The van der Waals surface area contributed by atoms with E-state index in [1.165, 1.54) is 50.1 Å². The van der Waals surface area contributed by atoms with Crippen LogP contribution in [0.15, 0.2) is 90.0 Å². The summed E-state index contributed by atoms with van der Waals surface area (Å²) in [6.45, 7) is 17.1. The van der Waals surface area contributed by atoms with Crippen molar-refractivity contribution in [1.29, 1.82) is 0 Å². The highest BCUT2D eigenvalue weighted by Crippen LogP contribution is 2.45. The van der Waals surface area contributed by atoms with Gasteiger partial charge in [-0.25, -0.2) is 0 Å². The maximum atomic E-state index is 4.58. The van der Waals surface area contributed by atoms with Crippen molar-refractivity contribution in [1.82, 2.24) is 0 Å². The van der Waals surface area contributed by atoms with E-state index in [4.69, 9.17) is 0 Å². The molecule has 0 unspecified atom stereocenters. The number of rotatable bonds is 9. The predicted octanol–water partition coefficient (Wildman–Crippen LogP) is 9.56. The number of aryl methyl sites for hydroxylation is 2. The average Bonchev–Trinajstić information content (AvgIpc) is 3.33. The van der Waals surface area contributed by atoms with Crippen LogP contribution in [0.5, 0.6) is 0 Å². The van der Waals surface area contributed by atoms with Gasteiger partial charge in [-0.15, -0.1) is 19.2 Å². The van der Waals surface area contributed by atoms with Crippen molar-refractivity contribution < 1.29 is 0 Å². The Labute approximate surface area is 233 Å². The minimum atomic E-state index is 0.789. The highest BCUT2D eigenvalue weighted by molar-refractivity contribution is 7.84. The third-order valence-electron chi connectivity index (χ3n) is 7.22. The topological polar surface area (TPSA) is 24.1 Å². The van der Waals surface area contributed by atoms with Gasteiger partial charge in [-0.1, -0.05) is 80.4 Å². The first-order valence-corrected chi connectivity index (χ1v) is 13.6. The summed E-state index contributed by atoms with van der Waals surface area (Å²) in [5, 5.41) is 3.54. The van der Waals surface area contributed by atoms with Crippen LogP contribution in [0.25, 0.3) is 22.3 Å². The fourth-order valence-electron chi connectivity index (χ4n) is 5.22. The zero-order valence-corrected chi connectivity index (χ0v) is 24.0. The molecule has 0 saturated carbocycles. The molecule has 0 heterocycles. The third kappa shape index (κ3) is 5.46. The van der Waals surface area contributed by atoms with E-state index in [0.717, 1.165) is 46.8 Å². The molecule has 3 aromatic rings. The molecule has 4 heteroatoms. The van der Waals surface area contributed by atoms with Gasteiger partial charge in [0.1, 0.15) is 0 Å². The van der Waals surface area contributed by atoms with Crippen molar-refractivity contribution in [3.8, 4) is 22.3 Å². The monoisotopic (exact) mass is 524 g/mol. The molecule has 0 radical (unpaired) electrons. The predicted molar refractivity (Wildman–Crippen MR) is 170 cm³/mol. The molecule has 0 saturated heterocycles. The Balaban J connectivity index is 1.91. The molecule has 2 N–H and O–H groups in total. The molecule has 0 aliphatic heterocycles. The first-order chi connectivity index (χ1) is 17.8. The van der Waals surface area contributed by atoms with Gasteiger partial charge in [-0.3, -0.25) is 0 Å². The molecule has 2 nitrogen and oxygen atoms in total. The Hall–Kier alpha value is -3.08. The van der Waals surface area contributed by atoms with Gasteiger partial charge in [0.2, 0.25) is 0 Å². The Kier molecular flexibility index (Phi) is 8.41. The van der Waals surface area contributed by atoms with Crippen molar-refractivity contribution >= 4 is 36.8 Å².